The van der Waals surface area contributed by atoms with E-state index in [-0.39, 0.29) is 11.7 Å². The van der Waals surface area contributed by atoms with E-state index in [1.807, 2.05) is 18.2 Å². The summed E-state index contributed by atoms with van der Waals surface area (Å²) < 4.78 is 14.6. The van der Waals surface area contributed by atoms with Crippen LogP contribution in [0.3, 0.4) is 0 Å². The lowest BCUT2D eigenvalue weighted by atomic mass is 10.1. The van der Waals surface area contributed by atoms with E-state index >= 15 is 0 Å². The fourth-order valence-electron chi connectivity index (χ4n) is 3.19. The lowest BCUT2D eigenvalue weighted by Gasteiger charge is -2.10. The Morgan fingerprint density at radius 3 is 2.55 bits per heavy atom. The maximum Gasteiger partial charge on any atom is 0.269 e. The van der Waals surface area contributed by atoms with E-state index in [4.69, 9.17) is 0 Å². The summed E-state index contributed by atoms with van der Waals surface area (Å²) >= 11 is 0. The van der Waals surface area contributed by atoms with Crippen LogP contribution in [-0.4, -0.2) is 43.7 Å². The van der Waals surface area contributed by atoms with E-state index in [0.29, 0.717) is 47.8 Å². The van der Waals surface area contributed by atoms with E-state index in [1.54, 1.807) is 44.4 Å². The molecule has 0 aliphatic heterocycles. The number of carbonyl (C=O) groups is 1. The molecule has 0 unspecified atom stereocenters. The Bertz CT molecular complexity index is 1240. The number of hydrogen-bond donors (Lipinski definition) is 3. The summed E-state index contributed by atoms with van der Waals surface area (Å²) in [5, 5.41) is 13.5. The Morgan fingerprint density at radius 2 is 1.79 bits per heavy atom. The van der Waals surface area contributed by atoms with E-state index in [9.17, 15) is 9.18 Å². The number of rotatable bonds is 8. The molecule has 4 rings (SSSR count). The standard InChI is InChI=1S/C23H23FN8O/c1-15-28-21(14-22(29-15)30-20-5-3-4-10-25-20)26-11-12-27-23(33)19-13-18(31-32(19)2)16-6-8-17(24)9-7-16/h3-10,13-14H,11-12H2,1-2H3,(H,27,33)(H2,25,26,28,29,30). The first-order valence-electron chi connectivity index (χ1n) is 10.3. The highest BCUT2D eigenvalue weighted by Gasteiger charge is 2.14. The van der Waals surface area contributed by atoms with Crippen LogP contribution in [0, 0.1) is 12.7 Å². The molecule has 3 heterocycles. The van der Waals surface area contributed by atoms with Gasteiger partial charge in [0.2, 0.25) is 0 Å². The first-order valence-corrected chi connectivity index (χ1v) is 10.3. The van der Waals surface area contributed by atoms with Crippen molar-refractivity contribution >= 4 is 23.4 Å². The second-order valence-electron chi connectivity index (χ2n) is 7.25. The Labute approximate surface area is 190 Å². The number of halogens is 1. The van der Waals surface area contributed by atoms with Crippen molar-refractivity contribution in [1.82, 2.24) is 30.0 Å². The molecule has 10 heteroatoms. The highest BCUT2D eigenvalue weighted by atomic mass is 19.1. The Hall–Kier alpha value is -4.34. The van der Waals surface area contributed by atoms with Gasteiger partial charge in [0.25, 0.3) is 5.91 Å². The zero-order valence-electron chi connectivity index (χ0n) is 18.2. The number of nitrogens with one attached hydrogen (secondary N) is 3. The molecule has 3 N–H and O–H groups in total. The molecule has 168 valence electrons. The van der Waals surface area contributed by atoms with Gasteiger partial charge in [-0.05, 0) is 49.4 Å². The molecule has 0 aliphatic rings. The van der Waals surface area contributed by atoms with Gasteiger partial charge in [-0.25, -0.2) is 19.3 Å². The Balaban J connectivity index is 1.32. The summed E-state index contributed by atoms with van der Waals surface area (Å²) in [5.41, 5.74) is 1.75. The fraction of sp³-hybridized carbons (Fsp3) is 0.174. The van der Waals surface area contributed by atoms with Gasteiger partial charge in [0.15, 0.2) is 0 Å². The molecule has 0 saturated heterocycles. The predicted octanol–water partition coefficient (Wildman–Crippen LogP) is 3.31. The van der Waals surface area contributed by atoms with Crippen LogP contribution in [-0.2, 0) is 7.05 Å². The van der Waals surface area contributed by atoms with Crippen LogP contribution >= 0.6 is 0 Å². The summed E-state index contributed by atoms with van der Waals surface area (Å²) in [5.74, 6) is 1.97. The minimum atomic E-state index is -0.321. The smallest absolute Gasteiger partial charge is 0.269 e. The van der Waals surface area contributed by atoms with Gasteiger partial charge < -0.3 is 16.0 Å². The molecular formula is C23H23FN8O. The molecule has 0 atom stereocenters. The van der Waals surface area contributed by atoms with E-state index in [0.717, 1.165) is 5.56 Å². The van der Waals surface area contributed by atoms with Gasteiger partial charge in [0.1, 0.15) is 34.8 Å². The molecule has 0 saturated carbocycles. The maximum absolute atomic E-state index is 13.1. The van der Waals surface area contributed by atoms with Gasteiger partial charge in [-0.2, -0.15) is 5.10 Å². The molecular weight excluding hydrogens is 423 g/mol. The van der Waals surface area contributed by atoms with Crippen molar-refractivity contribution in [2.75, 3.05) is 23.7 Å². The van der Waals surface area contributed by atoms with E-state index in [1.165, 1.54) is 16.8 Å². The molecule has 9 nitrogen and oxygen atoms in total. The molecule has 0 aliphatic carbocycles. The first-order chi connectivity index (χ1) is 16.0. The molecule has 0 spiro atoms. The summed E-state index contributed by atoms with van der Waals surface area (Å²) in [4.78, 5) is 25.5. The average molecular weight is 446 g/mol. The topological polar surface area (TPSA) is 110 Å². The summed E-state index contributed by atoms with van der Waals surface area (Å²) in [6, 6.07) is 15.0. The van der Waals surface area contributed by atoms with Crippen molar-refractivity contribution in [3.05, 3.63) is 78.1 Å². The van der Waals surface area contributed by atoms with Gasteiger partial charge in [-0.15, -0.1) is 0 Å². The lowest BCUT2D eigenvalue weighted by Crippen LogP contribution is -2.30. The quantitative estimate of drug-likeness (QED) is 0.356. The summed E-state index contributed by atoms with van der Waals surface area (Å²) in [6.07, 6.45) is 1.70. The van der Waals surface area contributed by atoms with Crippen molar-refractivity contribution in [1.29, 1.82) is 0 Å². The number of hydrogen-bond acceptors (Lipinski definition) is 7. The average Bonchev–Trinajstić information content (AvgIpc) is 3.19. The SMILES string of the molecule is Cc1nc(NCCNC(=O)c2cc(-c3ccc(F)cc3)nn2C)cc(Nc2ccccn2)n1. The molecule has 4 aromatic rings. The molecule has 3 aromatic heterocycles. The predicted molar refractivity (Wildman–Crippen MR) is 124 cm³/mol. The zero-order chi connectivity index (χ0) is 23.2. The van der Waals surface area contributed by atoms with Gasteiger partial charge >= 0.3 is 0 Å². The fourth-order valence-corrected chi connectivity index (χ4v) is 3.19. The molecule has 1 amide bonds. The molecule has 0 bridgehead atoms. The summed E-state index contributed by atoms with van der Waals surface area (Å²) in [6.45, 7) is 2.65. The number of aryl methyl sites for hydroxylation is 2. The minimum Gasteiger partial charge on any atom is -0.368 e. The highest BCUT2D eigenvalue weighted by Crippen LogP contribution is 2.19. The molecule has 0 radical (unpaired) electrons. The monoisotopic (exact) mass is 446 g/mol. The van der Waals surface area contributed by atoms with Gasteiger partial charge in [0.05, 0.1) is 5.69 Å². The van der Waals surface area contributed by atoms with Crippen LogP contribution in [0.4, 0.5) is 21.8 Å². The summed E-state index contributed by atoms with van der Waals surface area (Å²) in [7, 11) is 1.69. The molecule has 33 heavy (non-hydrogen) atoms. The third-order valence-electron chi connectivity index (χ3n) is 4.73. The van der Waals surface area contributed by atoms with Gasteiger partial charge in [-0.3, -0.25) is 9.48 Å². The van der Waals surface area contributed by atoms with Crippen molar-refractivity contribution < 1.29 is 9.18 Å². The van der Waals surface area contributed by atoms with Gasteiger partial charge in [0, 0.05) is 38.0 Å². The first kappa shape index (κ1) is 21.9. The van der Waals surface area contributed by atoms with Crippen molar-refractivity contribution in [2.24, 2.45) is 7.05 Å². The lowest BCUT2D eigenvalue weighted by molar-refractivity contribution is 0.0945. The maximum atomic E-state index is 13.1. The van der Waals surface area contributed by atoms with Crippen LogP contribution in [0.5, 0.6) is 0 Å². The minimum absolute atomic E-state index is 0.253. The second kappa shape index (κ2) is 9.86. The van der Waals surface area contributed by atoms with Crippen molar-refractivity contribution in [3.63, 3.8) is 0 Å². The molecule has 0 fully saturated rings. The van der Waals surface area contributed by atoms with Crippen LogP contribution in [0.25, 0.3) is 11.3 Å². The Morgan fingerprint density at radius 1 is 1.00 bits per heavy atom. The third kappa shape index (κ3) is 5.67. The van der Waals surface area contributed by atoms with Crippen LogP contribution in [0.15, 0.2) is 60.8 Å². The van der Waals surface area contributed by atoms with Crippen LogP contribution in [0.1, 0.15) is 16.3 Å². The van der Waals surface area contributed by atoms with Crippen molar-refractivity contribution in [3.8, 4) is 11.3 Å². The van der Waals surface area contributed by atoms with E-state index < -0.39 is 0 Å². The third-order valence-corrected chi connectivity index (χ3v) is 4.73. The number of benzene rings is 1. The Kier molecular flexibility index (Phi) is 6.53. The zero-order valence-corrected chi connectivity index (χ0v) is 18.2. The number of nitrogens with zero attached hydrogens (tertiary/aromatic N) is 5. The molecule has 1 aromatic carbocycles. The van der Waals surface area contributed by atoms with Crippen LogP contribution in [0.2, 0.25) is 0 Å². The van der Waals surface area contributed by atoms with Gasteiger partial charge in [-0.1, -0.05) is 6.07 Å². The number of carbonyl (C=O) groups excluding carboxylic acids is 1. The normalized spacial score (nSPS) is 10.6. The number of amides is 1. The second-order valence-corrected chi connectivity index (χ2v) is 7.25. The van der Waals surface area contributed by atoms with E-state index in [2.05, 4.69) is 36.0 Å². The van der Waals surface area contributed by atoms with Crippen LogP contribution < -0.4 is 16.0 Å². The van der Waals surface area contributed by atoms with Crippen molar-refractivity contribution in [2.45, 2.75) is 6.92 Å². The number of pyridine rings is 1. The number of aromatic nitrogens is 5. The largest absolute Gasteiger partial charge is 0.368 e. The highest BCUT2D eigenvalue weighted by molar-refractivity contribution is 5.93. The number of anilines is 3.